The van der Waals surface area contributed by atoms with Crippen molar-refractivity contribution in [3.63, 3.8) is 0 Å². The first-order valence-electron chi connectivity index (χ1n) is 0. The summed E-state index contributed by atoms with van der Waals surface area (Å²) in [4.78, 5) is 0. The average molecular weight is 153 g/mol. The van der Waals surface area contributed by atoms with Crippen LogP contribution in [-0.4, -0.2) is 36.2 Å². The van der Waals surface area contributed by atoms with Crippen LogP contribution in [0.1, 0.15) is 0 Å². The van der Waals surface area contributed by atoms with Crippen molar-refractivity contribution in [2.75, 3.05) is 0 Å². The molecule has 0 aliphatic carbocycles. The van der Waals surface area contributed by atoms with E-state index in [4.69, 9.17) is 0 Å². The van der Waals surface area contributed by atoms with Gasteiger partial charge in [-0.15, -0.1) is 0 Å². The number of hydrogen-bond donors (Lipinski definition) is 0. The first-order chi connectivity index (χ1) is 0. The maximum absolute atomic E-state index is 0. The minimum Gasteiger partial charge on any atom is 0 e. The van der Waals surface area contributed by atoms with E-state index in [2.05, 4.69) is 0 Å². The van der Waals surface area contributed by atoms with Crippen LogP contribution in [0.25, 0.3) is 0 Å². The summed E-state index contributed by atoms with van der Waals surface area (Å²) >= 11 is 0. The molecule has 0 N–H and O–H groups in total. The van der Waals surface area contributed by atoms with Crippen LogP contribution in [0.3, 0.4) is 0 Å². The SMILES string of the molecule is [Al].[Cu].[Fe].[Li]. The molecule has 0 aliphatic rings. The van der Waals surface area contributed by atoms with Crippen LogP contribution in [-0.2, 0) is 34.1 Å². The summed E-state index contributed by atoms with van der Waals surface area (Å²) in [5.74, 6) is 0. The van der Waals surface area contributed by atoms with E-state index >= 15 is 0 Å². The van der Waals surface area contributed by atoms with Crippen molar-refractivity contribution in [3.05, 3.63) is 0 Å². The van der Waals surface area contributed by atoms with Gasteiger partial charge in [0.25, 0.3) is 0 Å². The Kier molecular flexibility index (Phi) is 167. The molecular formula is AlCuFeLi. The molecule has 0 saturated carbocycles. The molecule has 23 valence electrons. The van der Waals surface area contributed by atoms with Crippen molar-refractivity contribution < 1.29 is 34.1 Å². The first kappa shape index (κ1) is 35.0. The Balaban J connectivity index is 0. The Labute approximate surface area is 69.7 Å². The minimum absolute atomic E-state index is 0. The van der Waals surface area contributed by atoms with E-state index in [-0.39, 0.29) is 70.4 Å². The largest absolute Gasteiger partial charge is 0 e. The van der Waals surface area contributed by atoms with Gasteiger partial charge in [0.15, 0.2) is 0 Å². The van der Waals surface area contributed by atoms with Crippen LogP contribution in [0, 0.1) is 0 Å². The van der Waals surface area contributed by atoms with Gasteiger partial charge >= 0.3 is 0 Å². The fourth-order valence-corrected chi connectivity index (χ4v) is 0. The molecular weight excluding hydrogens is 153 g/mol. The molecule has 0 spiro atoms. The summed E-state index contributed by atoms with van der Waals surface area (Å²) in [6.45, 7) is 0. The molecule has 4 heavy (non-hydrogen) atoms. The van der Waals surface area contributed by atoms with Crippen LogP contribution in [0.2, 0.25) is 0 Å². The zero-order chi connectivity index (χ0) is 0. The third-order valence-corrected chi connectivity index (χ3v) is 0. The summed E-state index contributed by atoms with van der Waals surface area (Å²) in [6, 6.07) is 0. The fourth-order valence-electron chi connectivity index (χ4n) is 0. The van der Waals surface area contributed by atoms with Gasteiger partial charge in [-0.1, -0.05) is 0 Å². The second kappa shape index (κ2) is 19.1. The minimum atomic E-state index is 0. The molecule has 0 saturated heterocycles. The molecule has 0 aromatic heterocycles. The fraction of sp³-hybridized carbons (Fsp3) is 0. The summed E-state index contributed by atoms with van der Waals surface area (Å²) in [5.41, 5.74) is 0. The van der Waals surface area contributed by atoms with Gasteiger partial charge in [-0.2, -0.15) is 0 Å². The van der Waals surface area contributed by atoms with Gasteiger partial charge in [0.1, 0.15) is 0 Å². The van der Waals surface area contributed by atoms with E-state index in [0.29, 0.717) is 0 Å². The van der Waals surface area contributed by atoms with Crippen molar-refractivity contribution in [2.24, 2.45) is 0 Å². The standard InChI is InChI=1S/Al.Cu.Fe.Li. The van der Waals surface area contributed by atoms with Crippen LogP contribution in [0.4, 0.5) is 0 Å². The first-order valence-corrected chi connectivity index (χ1v) is 0. The molecule has 0 atom stereocenters. The molecule has 0 rings (SSSR count). The Morgan fingerprint density at radius 2 is 1.00 bits per heavy atom. The molecule has 0 bridgehead atoms. The van der Waals surface area contributed by atoms with Gasteiger partial charge in [-0.3, -0.25) is 0 Å². The van der Waals surface area contributed by atoms with Gasteiger partial charge in [-0.25, -0.2) is 0 Å². The van der Waals surface area contributed by atoms with Gasteiger partial charge in [0.05, 0.1) is 0 Å². The summed E-state index contributed by atoms with van der Waals surface area (Å²) < 4.78 is 0. The summed E-state index contributed by atoms with van der Waals surface area (Å²) in [5, 5.41) is 0. The van der Waals surface area contributed by atoms with E-state index in [0.717, 1.165) is 0 Å². The number of rotatable bonds is 0. The van der Waals surface area contributed by atoms with E-state index < -0.39 is 0 Å². The van der Waals surface area contributed by atoms with Crippen LogP contribution in [0.5, 0.6) is 0 Å². The molecule has 0 aromatic rings. The molecule has 0 amide bonds. The molecule has 0 fully saturated rings. The topological polar surface area (TPSA) is 0 Å². The van der Waals surface area contributed by atoms with E-state index in [1.165, 1.54) is 0 Å². The number of hydrogen-bond acceptors (Lipinski definition) is 0. The third kappa shape index (κ3) is 8.90. The van der Waals surface area contributed by atoms with E-state index in [1.807, 2.05) is 0 Å². The average Bonchev–Trinajstić information content (AvgIpc) is 0. The van der Waals surface area contributed by atoms with E-state index in [1.54, 1.807) is 0 Å². The molecule has 4 heteroatoms. The predicted octanol–water partition coefficient (Wildman–Crippen LogP) is -0.767. The zero-order valence-electron chi connectivity index (χ0n) is 2.23. The van der Waals surface area contributed by atoms with Gasteiger partial charge < -0.3 is 0 Å². The van der Waals surface area contributed by atoms with Gasteiger partial charge in [-0.05, 0) is 0 Å². The molecule has 0 heterocycles. The van der Waals surface area contributed by atoms with Crippen molar-refractivity contribution in [2.45, 2.75) is 0 Å². The smallest absolute Gasteiger partial charge is 0 e. The van der Waals surface area contributed by atoms with Crippen molar-refractivity contribution >= 4 is 36.2 Å². The third-order valence-electron chi connectivity index (χ3n) is 0. The predicted molar refractivity (Wildman–Crippen MR) is 11.5 cm³/mol. The van der Waals surface area contributed by atoms with Gasteiger partial charge in [0, 0.05) is 70.4 Å². The Morgan fingerprint density at radius 3 is 1.00 bits per heavy atom. The maximum Gasteiger partial charge on any atom is 0 e. The van der Waals surface area contributed by atoms with Crippen LogP contribution < -0.4 is 0 Å². The Hall–Kier alpha value is 2.17. The molecule has 5 radical (unpaired) electrons. The second-order valence-corrected chi connectivity index (χ2v) is 0. The zero-order valence-corrected chi connectivity index (χ0v) is 5.43. The van der Waals surface area contributed by atoms with Crippen molar-refractivity contribution in [1.82, 2.24) is 0 Å². The Bertz CT molecular complexity index is 8.00. The second-order valence-electron chi connectivity index (χ2n) is 0. The monoisotopic (exact) mass is 153 g/mol. The summed E-state index contributed by atoms with van der Waals surface area (Å²) in [7, 11) is 0. The van der Waals surface area contributed by atoms with Crippen molar-refractivity contribution in [3.8, 4) is 0 Å². The van der Waals surface area contributed by atoms with E-state index in [9.17, 15) is 0 Å². The summed E-state index contributed by atoms with van der Waals surface area (Å²) in [6.07, 6.45) is 0. The molecule has 0 nitrogen and oxygen atoms in total. The Morgan fingerprint density at radius 1 is 1.00 bits per heavy atom. The van der Waals surface area contributed by atoms with Crippen molar-refractivity contribution in [1.29, 1.82) is 0 Å². The normalized spacial score (nSPS) is 0. The maximum atomic E-state index is 0. The molecule has 0 unspecified atom stereocenters. The van der Waals surface area contributed by atoms with Gasteiger partial charge in [0.2, 0.25) is 0 Å². The van der Waals surface area contributed by atoms with Crippen LogP contribution >= 0.6 is 0 Å². The molecule has 0 aromatic carbocycles. The van der Waals surface area contributed by atoms with Crippen LogP contribution in [0.15, 0.2) is 0 Å². The quantitative estimate of drug-likeness (QED) is 0.401. The molecule has 0 aliphatic heterocycles.